The summed E-state index contributed by atoms with van der Waals surface area (Å²) in [5.74, 6) is 0.940. The Hall–Kier alpha value is -2.24. The molecule has 3 rings (SSSR count). The van der Waals surface area contributed by atoms with Crippen LogP contribution in [-0.2, 0) is 6.54 Å². The molecule has 1 saturated heterocycles. The maximum Gasteiger partial charge on any atom is 0.321 e. The van der Waals surface area contributed by atoms with Crippen molar-refractivity contribution in [2.45, 2.75) is 26.5 Å². The Balaban J connectivity index is 1.52. The summed E-state index contributed by atoms with van der Waals surface area (Å²) in [6.45, 7) is 7.98. The first-order chi connectivity index (χ1) is 13.0. The molecule has 2 aromatic carbocycles. The largest absolute Gasteiger partial charge is 0.491 e. The number of benzene rings is 2. The molecule has 0 saturated carbocycles. The Morgan fingerprint density at radius 3 is 2.41 bits per heavy atom. The lowest BCUT2D eigenvalue weighted by Gasteiger charge is -2.35. The summed E-state index contributed by atoms with van der Waals surface area (Å²) < 4.78 is 5.91. The molecule has 144 valence electrons. The van der Waals surface area contributed by atoms with E-state index in [4.69, 9.17) is 16.3 Å². The molecule has 0 spiro atoms. The highest BCUT2D eigenvalue weighted by Crippen LogP contribution is 2.22. The van der Waals surface area contributed by atoms with E-state index in [1.54, 1.807) is 12.1 Å². The van der Waals surface area contributed by atoms with E-state index in [-0.39, 0.29) is 12.1 Å². The van der Waals surface area contributed by atoms with E-state index < -0.39 is 0 Å². The lowest BCUT2D eigenvalue weighted by molar-refractivity contribution is 0.141. The smallest absolute Gasteiger partial charge is 0.321 e. The van der Waals surface area contributed by atoms with Crippen LogP contribution in [0.4, 0.5) is 10.5 Å². The second-order valence-electron chi connectivity index (χ2n) is 6.97. The van der Waals surface area contributed by atoms with Gasteiger partial charge in [0.15, 0.2) is 0 Å². The molecule has 2 amide bonds. The van der Waals surface area contributed by atoms with Gasteiger partial charge < -0.3 is 15.0 Å². The van der Waals surface area contributed by atoms with Gasteiger partial charge in [-0.2, -0.15) is 0 Å². The molecule has 1 fully saturated rings. The number of carbonyl (C=O) groups excluding carboxylic acids is 1. The average Bonchev–Trinajstić information content (AvgIpc) is 2.65. The number of urea groups is 1. The molecule has 1 aliphatic heterocycles. The van der Waals surface area contributed by atoms with Gasteiger partial charge in [-0.25, -0.2) is 4.79 Å². The first kappa shape index (κ1) is 19.5. The highest BCUT2D eigenvalue weighted by atomic mass is 35.5. The molecule has 27 heavy (non-hydrogen) atoms. The van der Waals surface area contributed by atoms with Crippen LogP contribution in [0.25, 0.3) is 0 Å². The molecule has 5 nitrogen and oxygen atoms in total. The van der Waals surface area contributed by atoms with Gasteiger partial charge in [0.1, 0.15) is 5.75 Å². The van der Waals surface area contributed by atoms with Crippen LogP contribution in [0.3, 0.4) is 0 Å². The van der Waals surface area contributed by atoms with Gasteiger partial charge in [-0.3, -0.25) is 4.90 Å². The van der Waals surface area contributed by atoms with Crippen LogP contribution in [0.5, 0.6) is 5.75 Å². The molecule has 1 N–H and O–H groups in total. The van der Waals surface area contributed by atoms with E-state index in [0.29, 0.717) is 18.1 Å². The van der Waals surface area contributed by atoms with Crippen molar-refractivity contribution in [1.29, 1.82) is 0 Å². The molecule has 1 aliphatic rings. The number of amides is 2. The minimum atomic E-state index is -0.0690. The fraction of sp³-hybridized carbons (Fsp3) is 0.381. The first-order valence-electron chi connectivity index (χ1n) is 9.29. The third-order valence-electron chi connectivity index (χ3n) is 4.48. The molecule has 1 heterocycles. The molecule has 0 aliphatic carbocycles. The number of rotatable bonds is 5. The van der Waals surface area contributed by atoms with E-state index in [0.717, 1.165) is 31.1 Å². The topological polar surface area (TPSA) is 44.8 Å². The minimum Gasteiger partial charge on any atom is -0.491 e. The van der Waals surface area contributed by atoms with Crippen molar-refractivity contribution in [2.24, 2.45) is 0 Å². The zero-order valence-corrected chi connectivity index (χ0v) is 16.6. The Bertz CT molecular complexity index is 756. The predicted octanol–water partition coefficient (Wildman–Crippen LogP) is 4.48. The Labute approximate surface area is 165 Å². The number of anilines is 1. The van der Waals surface area contributed by atoms with Gasteiger partial charge >= 0.3 is 6.03 Å². The number of halogens is 1. The van der Waals surface area contributed by atoms with Gasteiger partial charge in [0.25, 0.3) is 0 Å². The molecule has 6 heteroatoms. The van der Waals surface area contributed by atoms with Crippen molar-refractivity contribution in [3.05, 3.63) is 59.1 Å². The standard InChI is InChI=1S/C21H26ClN3O2/c1-16(2)27-20-6-4-3-5-17(20)15-24-11-13-25(14-12-24)21(26)23-19-9-7-18(22)8-10-19/h3-10,16H,11-15H2,1-2H3,(H,23,26). The van der Waals surface area contributed by atoms with Crippen LogP contribution in [0, 0.1) is 0 Å². The molecule has 2 aromatic rings. The summed E-state index contributed by atoms with van der Waals surface area (Å²) in [5.41, 5.74) is 1.94. The number of nitrogens with zero attached hydrogens (tertiary/aromatic N) is 2. The van der Waals surface area contributed by atoms with Crippen molar-refractivity contribution >= 4 is 23.3 Å². The highest BCUT2D eigenvalue weighted by molar-refractivity contribution is 6.30. The normalized spacial score (nSPS) is 15.0. The van der Waals surface area contributed by atoms with E-state index in [1.807, 2.05) is 49.1 Å². The van der Waals surface area contributed by atoms with Gasteiger partial charge in [-0.15, -0.1) is 0 Å². The van der Waals surface area contributed by atoms with Crippen molar-refractivity contribution < 1.29 is 9.53 Å². The SMILES string of the molecule is CC(C)Oc1ccccc1CN1CCN(C(=O)Nc2ccc(Cl)cc2)CC1. The average molecular weight is 388 g/mol. The third kappa shape index (κ3) is 5.62. The quantitative estimate of drug-likeness (QED) is 0.822. The number of piperazine rings is 1. The van der Waals surface area contributed by atoms with Crippen molar-refractivity contribution in [3.63, 3.8) is 0 Å². The molecular formula is C21H26ClN3O2. The van der Waals surface area contributed by atoms with Crippen LogP contribution in [0.15, 0.2) is 48.5 Å². The maximum atomic E-state index is 12.4. The zero-order valence-electron chi connectivity index (χ0n) is 15.8. The van der Waals surface area contributed by atoms with Gasteiger partial charge in [0.2, 0.25) is 0 Å². The predicted molar refractivity (Wildman–Crippen MR) is 110 cm³/mol. The molecule has 0 unspecified atom stereocenters. The van der Waals surface area contributed by atoms with Crippen LogP contribution in [0.1, 0.15) is 19.4 Å². The monoisotopic (exact) mass is 387 g/mol. The fourth-order valence-electron chi connectivity index (χ4n) is 3.09. The van der Waals surface area contributed by atoms with Crippen LogP contribution < -0.4 is 10.1 Å². The third-order valence-corrected chi connectivity index (χ3v) is 4.74. The van der Waals surface area contributed by atoms with E-state index in [2.05, 4.69) is 16.3 Å². The van der Waals surface area contributed by atoms with Crippen molar-refractivity contribution in [3.8, 4) is 5.75 Å². The van der Waals surface area contributed by atoms with Gasteiger partial charge in [0.05, 0.1) is 6.10 Å². The van der Waals surface area contributed by atoms with Crippen LogP contribution in [-0.4, -0.2) is 48.1 Å². The number of carbonyl (C=O) groups is 1. The molecule has 0 radical (unpaired) electrons. The Morgan fingerprint density at radius 2 is 1.74 bits per heavy atom. The number of nitrogens with one attached hydrogen (secondary N) is 1. The summed E-state index contributed by atoms with van der Waals surface area (Å²) in [6.07, 6.45) is 0.152. The number of hydrogen-bond donors (Lipinski definition) is 1. The molecule has 0 atom stereocenters. The van der Waals surface area contributed by atoms with Gasteiger partial charge in [-0.1, -0.05) is 29.8 Å². The van der Waals surface area contributed by atoms with Crippen molar-refractivity contribution in [2.75, 3.05) is 31.5 Å². The summed E-state index contributed by atoms with van der Waals surface area (Å²) in [5, 5.41) is 3.58. The van der Waals surface area contributed by atoms with E-state index in [1.165, 1.54) is 5.56 Å². The Kier molecular flexibility index (Phi) is 6.58. The maximum absolute atomic E-state index is 12.4. The number of para-hydroxylation sites is 1. The fourth-order valence-corrected chi connectivity index (χ4v) is 3.22. The van der Waals surface area contributed by atoms with E-state index in [9.17, 15) is 4.79 Å². The van der Waals surface area contributed by atoms with Crippen LogP contribution in [0.2, 0.25) is 5.02 Å². The lowest BCUT2D eigenvalue weighted by Crippen LogP contribution is -2.49. The summed E-state index contributed by atoms with van der Waals surface area (Å²) in [7, 11) is 0. The second-order valence-corrected chi connectivity index (χ2v) is 7.41. The summed E-state index contributed by atoms with van der Waals surface area (Å²) >= 11 is 5.88. The number of hydrogen-bond acceptors (Lipinski definition) is 3. The first-order valence-corrected chi connectivity index (χ1v) is 9.67. The number of ether oxygens (including phenoxy) is 1. The summed E-state index contributed by atoms with van der Waals surface area (Å²) in [6, 6.07) is 15.3. The van der Waals surface area contributed by atoms with E-state index >= 15 is 0 Å². The zero-order chi connectivity index (χ0) is 19.2. The molecular weight excluding hydrogens is 362 g/mol. The Morgan fingerprint density at radius 1 is 1.07 bits per heavy atom. The highest BCUT2D eigenvalue weighted by Gasteiger charge is 2.22. The van der Waals surface area contributed by atoms with Crippen LogP contribution >= 0.6 is 11.6 Å². The second kappa shape index (κ2) is 9.11. The minimum absolute atomic E-state index is 0.0690. The lowest BCUT2D eigenvalue weighted by atomic mass is 10.1. The van der Waals surface area contributed by atoms with Gasteiger partial charge in [-0.05, 0) is 44.2 Å². The molecule has 0 bridgehead atoms. The van der Waals surface area contributed by atoms with Crippen molar-refractivity contribution in [1.82, 2.24) is 9.80 Å². The van der Waals surface area contributed by atoms with Gasteiger partial charge in [0, 0.05) is 49.0 Å². The summed E-state index contributed by atoms with van der Waals surface area (Å²) in [4.78, 5) is 16.6. The molecule has 0 aromatic heterocycles.